The number of nitrogens with zero attached hydrogens (tertiary/aromatic N) is 2. The van der Waals surface area contributed by atoms with Crippen molar-refractivity contribution in [1.82, 2.24) is 9.97 Å². The van der Waals surface area contributed by atoms with Gasteiger partial charge in [0.1, 0.15) is 5.82 Å². The Morgan fingerprint density at radius 1 is 1.47 bits per heavy atom. The fourth-order valence-corrected chi connectivity index (χ4v) is 1.31. The van der Waals surface area contributed by atoms with Crippen molar-refractivity contribution in [2.45, 2.75) is 25.6 Å². The lowest BCUT2D eigenvalue weighted by Gasteiger charge is -2.15. The van der Waals surface area contributed by atoms with Gasteiger partial charge in [0.25, 0.3) is 0 Å². The standard InChI is InChI=1S/C9H11ClF3N3O/c1-2-5(4-17)14-7-3-6(9(11,12)13)15-8(10)16-7/h3,5,17H,2,4H2,1H3,(H,14,15,16). The number of hydrogen-bond acceptors (Lipinski definition) is 4. The largest absolute Gasteiger partial charge is 0.433 e. The summed E-state index contributed by atoms with van der Waals surface area (Å²) in [7, 11) is 0. The van der Waals surface area contributed by atoms with Crippen LogP contribution in [-0.2, 0) is 6.18 Å². The monoisotopic (exact) mass is 269 g/mol. The van der Waals surface area contributed by atoms with Crippen molar-refractivity contribution in [1.29, 1.82) is 0 Å². The minimum atomic E-state index is -4.58. The molecule has 4 nitrogen and oxygen atoms in total. The van der Waals surface area contributed by atoms with Gasteiger partial charge in [-0.2, -0.15) is 13.2 Å². The maximum absolute atomic E-state index is 12.4. The average molecular weight is 270 g/mol. The molecule has 0 aliphatic rings. The first-order valence-corrected chi connectivity index (χ1v) is 5.23. The summed E-state index contributed by atoms with van der Waals surface area (Å²) in [5.41, 5.74) is -1.12. The fraction of sp³-hybridized carbons (Fsp3) is 0.556. The summed E-state index contributed by atoms with van der Waals surface area (Å²) in [6.45, 7) is 1.57. The Bertz CT molecular complexity index is 382. The van der Waals surface area contributed by atoms with Crippen LogP contribution in [0.2, 0.25) is 5.28 Å². The van der Waals surface area contributed by atoms with Crippen LogP contribution in [-0.4, -0.2) is 27.7 Å². The van der Waals surface area contributed by atoms with Gasteiger partial charge in [-0.3, -0.25) is 0 Å². The van der Waals surface area contributed by atoms with E-state index < -0.39 is 17.2 Å². The second kappa shape index (κ2) is 5.50. The van der Waals surface area contributed by atoms with Crippen LogP contribution in [0.5, 0.6) is 0 Å². The van der Waals surface area contributed by atoms with Crippen LogP contribution in [0.25, 0.3) is 0 Å². The topological polar surface area (TPSA) is 58.0 Å². The number of nitrogens with one attached hydrogen (secondary N) is 1. The molecule has 1 aromatic heterocycles. The van der Waals surface area contributed by atoms with E-state index in [2.05, 4.69) is 15.3 Å². The highest BCUT2D eigenvalue weighted by Crippen LogP contribution is 2.29. The first-order chi connectivity index (χ1) is 7.86. The second-order valence-electron chi connectivity index (χ2n) is 3.34. The van der Waals surface area contributed by atoms with Gasteiger partial charge in [-0.1, -0.05) is 6.92 Å². The lowest BCUT2D eigenvalue weighted by atomic mass is 10.2. The van der Waals surface area contributed by atoms with Crippen molar-refractivity contribution >= 4 is 17.4 Å². The molecule has 0 aliphatic heterocycles. The van der Waals surface area contributed by atoms with Gasteiger partial charge in [-0.05, 0) is 18.0 Å². The lowest BCUT2D eigenvalue weighted by molar-refractivity contribution is -0.141. The van der Waals surface area contributed by atoms with E-state index in [-0.39, 0.29) is 18.5 Å². The molecule has 1 aromatic rings. The molecule has 1 atom stereocenters. The molecular formula is C9H11ClF3N3O. The van der Waals surface area contributed by atoms with Crippen LogP contribution < -0.4 is 5.32 Å². The Balaban J connectivity index is 2.97. The smallest absolute Gasteiger partial charge is 0.394 e. The van der Waals surface area contributed by atoms with Crippen LogP contribution in [0.4, 0.5) is 19.0 Å². The molecule has 8 heteroatoms. The highest BCUT2D eigenvalue weighted by Gasteiger charge is 2.33. The molecule has 0 amide bonds. The molecule has 1 heterocycles. The summed E-state index contributed by atoms with van der Waals surface area (Å²) in [6.07, 6.45) is -4.04. The number of rotatable bonds is 4. The third-order valence-electron chi connectivity index (χ3n) is 2.05. The second-order valence-corrected chi connectivity index (χ2v) is 3.68. The Morgan fingerprint density at radius 2 is 2.12 bits per heavy atom. The van der Waals surface area contributed by atoms with Crippen LogP contribution in [0.1, 0.15) is 19.0 Å². The Hall–Kier alpha value is -1.08. The number of aromatic nitrogens is 2. The van der Waals surface area contributed by atoms with Gasteiger partial charge < -0.3 is 10.4 Å². The average Bonchev–Trinajstić information content (AvgIpc) is 2.24. The molecule has 2 N–H and O–H groups in total. The molecule has 0 saturated carbocycles. The van der Waals surface area contributed by atoms with E-state index in [4.69, 9.17) is 16.7 Å². The summed E-state index contributed by atoms with van der Waals surface area (Å²) >= 11 is 5.40. The Morgan fingerprint density at radius 3 is 2.59 bits per heavy atom. The number of halogens is 4. The highest BCUT2D eigenvalue weighted by molar-refractivity contribution is 6.28. The van der Waals surface area contributed by atoms with Gasteiger partial charge >= 0.3 is 6.18 Å². The predicted octanol–water partition coefficient (Wildman–Crippen LogP) is 2.33. The third kappa shape index (κ3) is 4.01. The van der Waals surface area contributed by atoms with E-state index >= 15 is 0 Å². The number of aliphatic hydroxyl groups excluding tert-OH is 1. The molecule has 1 unspecified atom stereocenters. The molecule has 0 saturated heterocycles. The summed E-state index contributed by atoms with van der Waals surface area (Å²) in [6, 6.07) is 0.381. The normalized spacial score (nSPS) is 13.5. The first kappa shape index (κ1) is 14.0. The first-order valence-electron chi connectivity index (χ1n) is 4.86. The van der Waals surface area contributed by atoms with Gasteiger partial charge in [-0.15, -0.1) is 0 Å². The quantitative estimate of drug-likeness (QED) is 0.824. The molecule has 0 aromatic carbocycles. The van der Waals surface area contributed by atoms with Crippen molar-refractivity contribution in [3.63, 3.8) is 0 Å². The van der Waals surface area contributed by atoms with E-state index in [0.717, 1.165) is 6.07 Å². The molecule has 0 fully saturated rings. The molecule has 0 aliphatic carbocycles. The van der Waals surface area contributed by atoms with E-state index in [1.807, 2.05) is 0 Å². The van der Waals surface area contributed by atoms with E-state index in [1.165, 1.54) is 0 Å². The molecule has 96 valence electrons. The maximum Gasteiger partial charge on any atom is 0.433 e. The van der Waals surface area contributed by atoms with E-state index in [0.29, 0.717) is 6.42 Å². The van der Waals surface area contributed by atoms with Crippen molar-refractivity contribution in [3.8, 4) is 0 Å². The van der Waals surface area contributed by atoms with Gasteiger partial charge in [0.2, 0.25) is 5.28 Å². The zero-order valence-electron chi connectivity index (χ0n) is 8.92. The summed E-state index contributed by atoms with van der Waals surface area (Å²) < 4.78 is 37.3. The number of alkyl halides is 3. The molecule has 1 rings (SSSR count). The minimum absolute atomic E-state index is 0.0572. The van der Waals surface area contributed by atoms with Gasteiger partial charge in [0, 0.05) is 6.07 Å². The molecule has 0 radical (unpaired) electrons. The van der Waals surface area contributed by atoms with Crippen molar-refractivity contribution in [2.24, 2.45) is 0 Å². The third-order valence-corrected chi connectivity index (χ3v) is 2.22. The fourth-order valence-electron chi connectivity index (χ4n) is 1.12. The zero-order valence-corrected chi connectivity index (χ0v) is 9.68. The zero-order chi connectivity index (χ0) is 13.1. The van der Waals surface area contributed by atoms with Crippen molar-refractivity contribution < 1.29 is 18.3 Å². The Kier molecular flexibility index (Phi) is 4.53. The summed E-state index contributed by atoms with van der Waals surface area (Å²) in [4.78, 5) is 6.71. The highest BCUT2D eigenvalue weighted by atomic mass is 35.5. The summed E-state index contributed by atoms with van der Waals surface area (Å²) in [5.74, 6) is -0.0572. The molecule has 0 bridgehead atoms. The SMILES string of the molecule is CCC(CO)Nc1cc(C(F)(F)F)nc(Cl)n1. The van der Waals surface area contributed by atoms with E-state index in [9.17, 15) is 13.2 Å². The number of aliphatic hydroxyl groups is 1. The minimum Gasteiger partial charge on any atom is -0.394 e. The van der Waals surface area contributed by atoms with Crippen LogP contribution >= 0.6 is 11.6 Å². The number of hydrogen-bond donors (Lipinski definition) is 2. The Labute approximate surface area is 101 Å². The molecule has 17 heavy (non-hydrogen) atoms. The van der Waals surface area contributed by atoms with E-state index in [1.54, 1.807) is 6.92 Å². The van der Waals surface area contributed by atoms with Crippen LogP contribution in [0, 0.1) is 0 Å². The van der Waals surface area contributed by atoms with Crippen LogP contribution in [0.3, 0.4) is 0 Å². The van der Waals surface area contributed by atoms with Gasteiger partial charge in [-0.25, -0.2) is 9.97 Å². The van der Waals surface area contributed by atoms with Crippen molar-refractivity contribution in [2.75, 3.05) is 11.9 Å². The summed E-state index contributed by atoms with van der Waals surface area (Å²) in [5, 5.41) is 11.1. The molecule has 0 spiro atoms. The predicted molar refractivity (Wildman–Crippen MR) is 56.8 cm³/mol. The molecular weight excluding hydrogens is 259 g/mol. The van der Waals surface area contributed by atoms with Crippen molar-refractivity contribution in [3.05, 3.63) is 17.0 Å². The maximum atomic E-state index is 12.4. The van der Waals surface area contributed by atoms with Crippen LogP contribution in [0.15, 0.2) is 6.07 Å². The van der Waals surface area contributed by atoms with Gasteiger partial charge in [0.05, 0.1) is 12.6 Å². The number of anilines is 1. The van der Waals surface area contributed by atoms with Gasteiger partial charge in [0.15, 0.2) is 5.69 Å². The lowest BCUT2D eigenvalue weighted by Crippen LogP contribution is -2.24.